The van der Waals surface area contributed by atoms with Gasteiger partial charge in [-0.25, -0.2) is 4.79 Å². The summed E-state index contributed by atoms with van der Waals surface area (Å²) in [5.74, 6) is -0.239. The highest BCUT2D eigenvalue weighted by Gasteiger charge is 2.00. The zero-order valence-corrected chi connectivity index (χ0v) is 12.0. The van der Waals surface area contributed by atoms with Crippen LogP contribution in [0.5, 0.6) is 0 Å². The maximum Gasteiger partial charge on any atom is 0.331 e. The van der Waals surface area contributed by atoms with Crippen molar-refractivity contribution in [2.75, 3.05) is 0 Å². The summed E-state index contributed by atoms with van der Waals surface area (Å²) in [6.07, 6.45) is 7.51. The molecule has 104 valence electrons. The molecule has 0 unspecified atom stereocenters. The standard InChI is InChI=1S/C17H24O2/c1-3-4-5-7-10-15(2)13-17(18)19-14-16-11-8-6-9-12-16/h6,8-9,11-13H,3-5,7,10,14H2,1-2H3/b15-13+. The van der Waals surface area contributed by atoms with E-state index in [1.54, 1.807) is 6.08 Å². The number of hydrogen-bond donors (Lipinski definition) is 0. The smallest absolute Gasteiger partial charge is 0.331 e. The fourth-order valence-electron chi connectivity index (χ4n) is 1.87. The van der Waals surface area contributed by atoms with Gasteiger partial charge in [0.25, 0.3) is 0 Å². The molecule has 2 heteroatoms. The number of ether oxygens (including phenoxy) is 1. The fraction of sp³-hybridized carbons (Fsp3) is 0.471. The summed E-state index contributed by atoms with van der Waals surface area (Å²) in [6, 6.07) is 9.74. The van der Waals surface area contributed by atoms with Crippen LogP contribution in [0.1, 0.15) is 51.5 Å². The van der Waals surface area contributed by atoms with Crippen molar-refractivity contribution in [1.29, 1.82) is 0 Å². The molecule has 1 aromatic carbocycles. The Hall–Kier alpha value is -1.57. The Morgan fingerprint density at radius 3 is 2.58 bits per heavy atom. The number of hydrogen-bond acceptors (Lipinski definition) is 2. The number of esters is 1. The summed E-state index contributed by atoms with van der Waals surface area (Å²) in [5, 5.41) is 0. The molecule has 0 aliphatic heterocycles. The first-order chi connectivity index (χ1) is 9.22. The molecule has 0 N–H and O–H groups in total. The SMILES string of the molecule is CCCCCC/C(C)=C/C(=O)OCc1ccccc1. The monoisotopic (exact) mass is 260 g/mol. The lowest BCUT2D eigenvalue weighted by Crippen LogP contribution is -2.01. The van der Waals surface area contributed by atoms with E-state index in [1.807, 2.05) is 37.3 Å². The lowest BCUT2D eigenvalue weighted by Gasteiger charge is -2.04. The van der Waals surface area contributed by atoms with Gasteiger partial charge in [-0.05, 0) is 25.3 Å². The first kappa shape index (κ1) is 15.5. The summed E-state index contributed by atoms with van der Waals surface area (Å²) < 4.78 is 5.21. The molecular formula is C17H24O2. The minimum absolute atomic E-state index is 0.239. The van der Waals surface area contributed by atoms with Crippen molar-refractivity contribution in [3.8, 4) is 0 Å². The minimum Gasteiger partial charge on any atom is -0.458 e. The van der Waals surface area contributed by atoms with Gasteiger partial charge in [0, 0.05) is 6.08 Å². The molecule has 0 spiro atoms. The molecule has 2 nitrogen and oxygen atoms in total. The molecule has 0 aliphatic carbocycles. The van der Waals surface area contributed by atoms with E-state index in [2.05, 4.69) is 6.92 Å². The summed E-state index contributed by atoms with van der Waals surface area (Å²) in [4.78, 5) is 11.6. The molecule has 0 amide bonds. The topological polar surface area (TPSA) is 26.3 Å². The Bertz CT molecular complexity index is 393. The molecule has 0 saturated heterocycles. The van der Waals surface area contributed by atoms with Crippen LogP contribution in [0, 0.1) is 0 Å². The van der Waals surface area contributed by atoms with E-state index in [0.29, 0.717) is 6.61 Å². The molecule has 0 bridgehead atoms. The summed E-state index contributed by atoms with van der Waals surface area (Å²) in [6.45, 7) is 4.54. The molecule has 0 radical (unpaired) electrons. The summed E-state index contributed by atoms with van der Waals surface area (Å²) >= 11 is 0. The van der Waals surface area contributed by atoms with Gasteiger partial charge in [0.2, 0.25) is 0 Å². The molecule has 19 heavy (non-hydrogen) atoms. The maximum atomic E-state index is 11.6. The number of benzene rings is 1. The average Bonchev–Trinajstić information content (AvgIpc) is 2.42. The zero-order chi connectivity index (χ0) is 13.9. The fourth-order valence-corrected chi connectivity index (χ4v) is 1.87. The Kier molecular flexibility index (Phi) is 7.64. The van der Waals surface area contributed by atoms with Gasteiger partial charge in [-0.3, -0.25) is 0 Å². The van der Waals surface area contributed by atoms with E-state index in [-0.39, 0.29) is 5.97 Å². The van der Waals surface area contributed by atoms with Gasteiger partial charge < -0.3 is 4.74 Å². The number of carbonyl (C=O) groups excluding carboxylic acids is 1. The molecule has 1 aromatic rings. The third kappa shape index (κ3) is 7.45. The summed E-state index contributed by atoms with van der Waals surface area (Å²) in [5.41, 5.74) is 2.12. The van der Waals surface area contributed by atoms with E-state index in [0.717, 1.165) is 24.0 Å². The number of unbranched alkanes of at least 4 members (excludes halogenated alkanes) is 3. The molecule has 0 saturated carbocycles. The van der Waals surface area contributed by atoms with Crippen LogP contribution in [0.25, 0.3) is 0 Å². The lowest BCUT2D eigenvalue weighted by atomic mass is 10.1. The largest absolute Gasteiger partial charge is 0.458 e. The highest BCUT2D eigenvalue weighted by atomic mass is 16.5. The molecule has 1 rings (SSSR count). The highest BCUT2D eigenvalue weighted by molar-refractivity contribution is 5.82. The Morgan fingerprint density at radius 1 is 1.16 bits per heavy atom. The van der Waals surface area contributed by atoms with E-state index in [4.69, 9.17) is 4.74 Å². The van der Waals surface area contributed by atoms with Gasteiger partial charge in [-0.2, -0.15) is 0 Å². The molecule has 0 fully saturated rings. The molecule has 0 atom stereocenters. The first-order valence-corrected chi connectivity index (χ1v) is 7.10. The highest BCUT2D eigenvalue weighted by Crippen LogP contribution is 2.10. The van der Waals surface area contributed by atoms with Crippen LogP contribution in [-0.2, 0) is 16.1 Å². The number of rotatable bonds is 8. The van der Waals surface area contributed by atoms with Crippen molar-refractivity contribution in [3.63, 3.8) is 0 Å². The van der Waals surface area contributed by atoms with Crippen LogP contribution in [-0.4, -0.2) is 5.97 Å². The second kappa shape index (κ2) is 9.37. The average molecular weight is 260 g/mol. The predicted octanol–water partition coefficient (Wildman–Crippen LogP) is 4.65. The van der Waals surface area contributed by atoms with E-state index in [1.165, 1.54) is 19.3 Å². The Balaban J connectivity index is 2.25. The quantitative estimate of drug-likeness (QED) is 0.386. The van der Waals surface area contributed by atoms with Gasteiger partial charge in [0.15, 0.2) is 0 Å². The molecule has 0 aliphatic rings. The van der Waals surface area contributed by atoms with E-state index < -0.39 is 0 Å². The molecular weight excluding hydrogens is 236 g/mol. The van der Waals surface area contributed by atoms with Crippen molar-refractivity contribution >= 4 is 5.97 Å². The van der Waals surface area contributed by atoms with Crippen molar-refractivity contribution in [1.82, 2.24) is 0 Å². The van der Waals surface area contributed by atoms with Gasteiger partial charge in [0.05, 0.1) is 0 Å². The van der Waals surface area contributed by atoms with Crippen LogP contribution < -0.4 is 0 Å². The second-order valence-electron chi connectivity index (χ2n) is 4.89. The minimum atomic E-state index is -0.239. The van der Waals surface area contributed by atoms with Crippen LogP contribution >= 0.6 is 0 Å². The van der Waals surface area contributed by atoms with Crippen LogP contribution in [0.15, 0.2) is 42.0 Å². The van der Waals surface area contributed by atoms with Crippen molar-refractivity contribution in [2.24, 2.45) is 0 Å². The Morgan fingerprint density at radius 2 is 1.89 bits per heavy atom. The van der Waals surface area contributed by atoms with Crippen molar-refractivity contribution < 1.29 is 9.53 Å². The normalized spacial score (nSPS) is 11.4. The molecule has 0 aromatic heterocycles. The van der Waals surface area contributed by atoms with Crippen LogP contribution in [0.4, 0.5) is 0 Å². The number of allylic oxidation sites excluding steroid dienone is 1. The van der Waals surface area contributed by atoms with Gasteiger partial charge in [-0.1, -0.05) is 62.1 Å². The van der Waals surface area contributed by atoms with Crippen LogP contribution in [0.2, 0.25) is 0 Å². The second-order valence-corrected chi connectivity index (χ2v) is 4.89. The third-order valence-corrected chi connectivity index (χ3v) is 3.01. The Labute approximate surface area is 116 Å². The van der Waals surface area contributed by atoms with Gasteiger partial charge in [0.1, 0.15) is 6.61 Å². The maximum absolute atomic E-state index is 11.6. The van der Waals surface area contributed by atoms with Crippen LogP contribution in [0.3, 0.4) is 0 Å². The van der Waals surface area contributed by atoms with Crippen molar-refractivity contribution in [3.05, 3.63) is 47.5 Å². The molecule has 0 heterocycles. The van der Waals surface area contributed by atoms with E-state index >= 15 is 0 Å². The van der Waals surface area contributed by atoms with E-state index in [9.17, 15) is 4.79 Å². The van der Waals surface area contributed by atoms with Gasteiger partial charge >= 0.3 is 5.97 Å². The summed E-state index contributed by atoms with van der Waals surface area (Å²) in [7, 11) is 0. The number of carbonyl (C=O) groups is 1. The zero-order valence-electron chi connectivity index (χ0n) is 12.0. The van der Waals surface area contributed by atoms with Crippen molar-refractivity contribution in [2.45, 2.75) is 52.6 Å². The predicted molar refractivity (Wildman–Crippen MR) is 78.8 cm³/mol. The lowest BCUT2D eigenvalue weighted by molar-refractivity contribution is -0.139. The first-order valence-electron chi connectivity index (χ1n) is 7.10. The van der Waals surface area contributed by atoms with Gasteiger partial charge in [-0.15, -0.1) is 0 Å². The third-order valence-electron chi connectivity index (χ3n) is 3.01.